The standard InChI is InChI=1S/C12H24N2O/c1-8(2)7-14-12(15)10-6-4-5-9(3)11(10)13/h8-11H,4-7,13H2,1-3H3,(H,14,15). The van der Waals surface area contributed by atoms with E-state index in [1.54, 1.807) is 0 Å². The molecular weight excluding hydrogens is 188 g/mol. The number of carbonyl (C=O) groups excluding carboxylic acids is 1. The zero-order valence-corrected chi connectivity index (χ0v) is 10.1. The van der Waals surface area contributed by atoms with Gasteiger partial charge in [-0.15, -0.1) is 0 Å². The normalized spacial score (nSPS) is 31.7. The van der Waals surface area contributed by atoms with Gasteiger partial charge < -0.3 is 11.1 Å². The maximum atomic E-state index is 11.9. The van der Waals surface area contributed by atoms with Crippen molar-refractivity contribution in [3.8, 4) is 0 Å². The fourth-order valence-electron chi connectivity index (χ4n) is 2.18. The van der Waals surface area contributed by atoms with Crippen molar-refractivity contribution in [3.63, 3.8) is 0 Å². The van der Waals surface area contributed by atoms with Crippen molar-refractivity contribution in [1.82, 2.24) is 5.32 Å². The van der Waals surface area contributed by atoms with E-state index in [-0.39, 0.29) is 17.9 Å². The molecule has 0 aromatic heterocycles. The van der Waals surface area contributed by atoms with E-state index in [4.69, 9.17) is 5.73 Å². The maximum absolute atomic E-state index is 11.9. The molecule has 3 unspecified atom stereocenters. The summed E-state index contributed by atoms with van der Waals surface area (Å²) >= 11 is 0. The van der Waals surface area contributed by atoms with Crippen LogP contribution in [0, 0.1) is 17.8 Å². The second kappa shape index (κ2) is 5.50. The molecule has 0 heterocycles. The largest absolute Gasteiger partial charge is 0.356 e. The minimum Gasteiger partial charge on any atom is -0.356 e. The molecular formula is C12H24N2O. The molecule has 1 aliphatic rings. The molecule has 1 rings (SSSR count). The van der Waals surface area contributed by atoms with Crippen LogP contribution in [0.3, 0.4) is 0 Å². The molecule has 88 valence electrons. The maximum Gasteiger partial charge on any atom is 0.224 e. The van der Waals surface area contributed by atoms with Gasteiger partial charge in [-0.2, -0.15) is 0 Å². The van der Waals surface area contributed by atoms with Gasteiger partial charge in [-0.3, -0.25) is 4.79 Å². The van der Waals surface area contributed by atoms with E-state index >= 15 is 0 Å². The molecule has 3 atom stereocenters. The average Bonchev–Trinajstić information content (AvgIpc) is 2.18. The van der Waals surface area contributed by atoms with Gasteiger partial charge in [-0.25, -0.2) is 0 Å². The van der Waals surface area contributed by atoms with E-state index in [0.717, 1.165) is 25.8 Å². The molecule has 1 aliphatic carbocycles. The summed E-state index contributed by atoms with van der Waals surface area (Å²) in [5.41, 5.74) is 6.07. The number of amides is 1. The van der Waals surface area contributed by atoms with Gasteiger partial charge in [0, 0.05) is 12.6 Å². The third kappa shape index (κ3) is 3.49. The second-order valence-electron chi connectivity index (χ2n) is 5.23. The minimum atomic E-state index is 0.0347. The molecule has 0 bridgehead atoms. The van der Waals surface area contributed by atoms with Crippen LogP contribution in [-0.4, -0.2) is 18.5 Å². The Morgan fingerprint density at radius 1 is 1.47 bits per heavy atom. The highest BCUT2D eigenvalue weighted by atomic mass is 16.1. The summed E-state index contributed by atoms with van der Waals surface area (Å²) in [6.45, 7) is 7.11. The lowest BCUT2D eigenvalue weighted by Crippen LogP contribution is -2.47. The molecule has 1 saturated carbocycles. The molecule has 1 amide bonds. The SMILES string of the molecule is CC(C)CNC(=O)C1CCCC(C)C1N. The van der Waals surface area contributed by atoms with Crippen LogP contribution in [0.5, 0.6) is 0 Å². The molecule has 0 aromatic carbocycles. The Labute approximate surface area is 92.8 Å². The van der Waals surface area contributed by atoms with Crippen LogP contribution >= 0.6 is 0 Å². The summed E-state index contributed by atoms with van der Waals surface area (Å²) in [4.78, 5) is 11.9. The Morgan fingerprint density at radius 3 is 2.73 bits per heavy atom. The highest BCUT2D eigenvalue weighted by molar-refractivity contribution is 5.79. The van der Waals surface area contributed by atoms with Gasteiger partial charge in [-0.1, -0.05) is 27.2 Å². The van der Waals surface area contributed by atoms with Crippen LogP contribution in [-0.2, 0) is 4.79 Å². The lowest BCUT2D eigenvalue weighted by Gasteiger charge is -2.32. The van der Waals surface area contributed by atoms with Crippen molar-refractivity contribution in [3.05, 3.63) is 0 Å². The fraction of sp³-hybridized carbons (Fsp3) is 0.917. The molecule has 0 radical (unpaired) electrons. The van der Waals surface area contributed by atoms with Gasteiger partial charge in [0.2, 0.25) is 5.91 Å². The van der Waals surface area contributed by atoms with Crippen molar-refractivity contribution in [1.29, 1.82) is 0 Å². The summed E-state index contributed by atoms with van der Waals surface area (Å²) in [5.74, 6) is 1.18. The molecule has 3 nitrogen and oxygen atoms in total. The summed E-state index contributed by atoms with van der Waals surface area (Å²) in [5, 5.41) is 2.98. The Balaban J connectivity index is 2.43. The quantitative estimate of drug-likeness (QED) is 0.745. The van der Waals surface area contributed by atoms with E-state index in [0.29, 0.717) is 11.8 Å². The van der Waals surface area contributed by atoms with Gasteiger partial charge in [0.25, 0.3) is 0 Å². The highest BCUT2D eigenvalue weighted by Crippen LogP contribution is 2.27. The van der Waals surface area contributed by atoms with E-state index in [1.165, 1.54) is 0 Å². The topological polar surface area (TPSA) is 55.1 Å². The first-order chi connectivity index (χ1) is 7.02. The average molecular weight is 212 g/mol. The van der Waals surface area contributed by atoms with E-state index in [2.05, 4.69) is 26.1 Å². The van der Waals surface area contributed by atoms with E-state index in [9.17, 15) is 4.79 Å². The van der Waals surface area contributed by atoms with Gasteiger partial charge in [-0.05, 0) is 24.7 Å². The first-order valence-corrected chi connectivity index (χ1v) is 6.05. The number of rotatable bonds is 3. The van der Waals surface area contributed by atoms with Crippen LogP contribution in [0.2, 0.25) is 0 Å². The summed E-state index contributed by atoms with van der Waals surface area (Å²) in [7, 11) is 0. The third-order valence-electron chi connectivity index (χ3n) is 3.32. The Bertz CT molecular complexity index is 216. The van der Waals surface area contributed by atoms with Crippen LogP contribution in [0.15, 0.2) is 0 Å². The van der Waals surface area contributed by atoms with Crippen molar-refractivity contribution in [2.45, 2.75) is 46.1 Å². The van der Waals surface area contributed by atoms with Crippen LogP contribution < -0.4 is 11.1 Å². The van der Waals surface area contributed by atoms with E-state index < -0.39 is 0 Å². The molecule has 0 saturated heterocycles. The minimum absolute atomic E-state index is 0.0347. The Kier molecular flexibility index (Phi) is 4.58. The zero-order chi connectivity index (χ0) is 11.4. The number of carbonyl (C=O) groups is 1. The lowest BCUT2D eigenvalue weighted by atomic mass is 9.78. The number of hydrogen-bond acceptors (Lipinski definition) is 2. The van der Waals surface area contributed by atoms with Crippen molar-refractivity contribution >= 4 is 5.91 Å². The molecule has 3 N–H and O–H groups in total. The Morgan fingerprint density at radius 2 is 2.13 bits per heavy atom. The molecule has 3 heteroatoms. The first-order valence-electron chi connectivity index (χ1n) is 6.05. The monoisotopic (exact) mass is 212 g/mol. The number of hydrogen-bond donors (Lipinski definition) is 2. The summed E-state index contributed by atoms with van der Waals surface area (Å²) < 4.78 is 0. The molecule has 0 spiro atoms. The highest BCUT2D eigenvalue weighted by Gasteiger charge is 2.32. The van der Waals surface area contributed by atoms with Crippen molar-refractivity contribution in [2.24, 2.45) is 23.5 Å². The van der Waals surface area contributed by atoms with Gasteiger partial charge >= 0.3 is 0 Å². The van der Waals surface area contributed by atoms with Crippen molar-refractivity contribution in [2.75, 3.05) is 6.54 Å². The zero-order valence-electron chi connectivity index (χ0n) is 10.1. The first kappa shape index (κ1) is 12.5. The van der Waals surface area contributed by atoms with Crippen LogP contribution in [0.4, 0.5) is 0 Å². The molecule has 0 aliphatic heterocycles. The van der Waals surface area contributed by atoms with Gasteiger partial charge in [0.1, 0.15) is 0 Å². The van der Waals surface area contributed by atoms with Crippen LogP contribution in [0.25, 0.3) is 0 Å². The molecule has 0 aromatic rings. The van der Waals surface area contributed by atoms with Crippen molar-refractivity contribution < 1.29 is 4.79 Å². The van der Waals surface area contributed by atoms with E-state index in [1.807, 2.05) is 0 Å². The van der Waals surface area contributed by atoms with Crippen LogP contribution in [0.1, 0.15) is 40.0 Å². The number of nitrogens with one attached hydrogen (secondary N) is 1. The van der Waals surface area contributed by atoms with Gasteiger partial charge in [0.05, 0.1) is 5.92 Å². The Hall–Kier alpha value is -0.570. The molecule has 1 fully saturated rings. The second-order valence-corrected chi connectivity index (χ2v) is 5.23. The fourth-order valence-corrected chi connectivity index (χ4v) is 2.18. The smallest absolute Gasteiger partial charge is 0.224 e. The lowest BCUT2D eigenvalue weighted by molar-refractivity contribution is -0.127. The van der Waals surface area contributed by atoms with Gasteiger partial charge in [0.15, 0.2) is 0 Å². The summed E-state index contributed by atoms with van der Waals surface area (Å²) in [6.07, 6.45) is 3.25. The third-order valence-corrected chi connectivity index (χ3v) is 3.32. The number of nitrogens with two attached hydrogens (primary N) is 1. The predicted molar refractivity (Wildman–Crippen MR) is 62.3 cm³/mol. The summed E-state index contributed by atoms with van der Waals surface area (Å²) in [6, 6.07) is 0.0471. The molecule has 15 heavy (non-hydrogen) atoms. The predicted octanol–water partition coefficient (Wildman–Crippen LogP) is 1.52.